The van der Waals surface area contributed by atoms with Gasteiger partial charge in [0.25, 0.3) is 0 Å². The fourth-order valence-electron chi connectivity index (χ4n) is 5.20. The zero-order valence-corrected chi connectivity index (χ0v) is 27.4. The molecular formula is C30H27Br2ClF6N6. The Morgan fingerprint density at radius 2 is 1.24 bits per heavy atom. The molecule has 0 saturated heterocycles. The Morgan fingerprint density at radius 1 is 0.756 bits per heavy atom. The van der Waals surface area contributed by atoms with Crippen LogP contribution in [0.4, 0.5) is 32.2 Å². The van der Waals surface area contributed by atoms with Gasteiger partial charge in [-0.2, -0.15) is 0 Å². The van der Waals surface area contributed by atoms with E-state index in [0.29, 0.717) is 14.6 Å². The first-order chi connectivity index (χ1) is 21.4. The Kier molecular flexibility index (Phi) is 11.8. The molecule has 3 N–H and O–H groups in total. The molecule has 0 unspecified atom stereocenters. The largest absolute Gasteiger partial charge is 0.367 e. The second-order valence-electron chi connectivity index (χ2n) is 10.7. The summed E-state index contributed by atoms with van der Waals surface area (Å²) in [6, 6.07) is 8.19. The second kappa shape index (κ2) is 15.2. The van der Waals surface area contributed by atoms with Gasteiger partial charge < -0.3 is 11.1 Å². The summed E-state index contributed by atoms with van der Waals surface area (Å²) in [6.07, 6.45) is 4.92. The average molecular weight is 781 g/mol. The van der Waals surface area contributed by atoms with Crippen molar-refractivity contribution in [3.63, 3.8) is 0 Å². The van der Waals surface area contributed by atoms with E-state index in [2.05, 4.69) is 57.1 Å². The Bertz CT molecular complexity index is 1610. The molecule has 2 saturated carbocycles. The molecule has 2 fully saturated rings. The molecule has 0 atom stereocenters. The summed E-state index contributed by atoms with van der Waals surface area (Å²) in [4.78, 5) is 15.5. The number of nitrogens with zero attached hydrogens (tertiary/aromatic N) is 4. The van der Waals surface area contributed by atoms with Gasteiger partial charge in [0.1, 0.15) is 24.0 Å². The van der Waals surface area contributed by atoms with Crippen molar-refractivity contribution in [2.24, 2.45) is 5.73 Å². The number of pyridine rings is 4. The summed E-state index contributed by atoms with van der Waals surface area (Å²) in [5.74, 6) is -1.83. The first-order valence-electron chi connectivity index (χ1n) is 13.6. The van der Waals surface area contributed by atoms with Gasteiger partial charge in [-0.25, -0.2) is 36.3 Å². The lowest BCUT2D eigenvalue weighted by atomic mass is 9.65. The molecule has 0 aromatic carbocycles. The van der Waals surface area contributed by atoms with Crippen molar-refractivity contribution in [1.29, 1.82) is 0 Å². The number of nitrogens with two attached hydrogens (primary N) is 1. The van der Waals surface area contributed by atoms with Crippen LogP contribution in [0.3, 0.4) is 0 Å². The van der Waals surface area contributed by atoms with Gasteiger partial charge in [0, 0.05) is 57.7 Å². The van der Waals surface area contributed by atoms with Crippen molar-refractivity contribution in [3.05, 3.63) is 110 Å². The van der Waals surface area contributed by atoms with Crippen LogP contribution in [0.1, 0.15) is 37.1 Å². The van der Waals surface area contributed by atoms with E-state index in [0.717, 1.165) is 0 Å². The highest BCUT2D eigenvalue weighted by atomic mass is 79.9. The van der Waals surface area contributed by atoms with Gasteiger partial charge in [0.05, 0.1) is 11.4 Å². The molecule has 4 aromatic heterocycles. The zero-order valence-electron chi connectivity index (χ0n) is 23.4. The molecule has 0 spiro atoms. The van der Waals surface area contributed by atoms with E-state index in [1.807, 2.05) is 0 Å². The summed E-state index contributed by atoms with van der Waals surface area (Å²) in [5.41, 5.74) is 4.75. The second-order valence-corrected chi connectivity index (χ2v) is 12.9. The predicted octanol–water partition coefficient (Wildman–Crippen LogP) is 8.18. The lowest BCUT2D eigenvalue weighted by Crippen LogP contribution is -2.49. The van der Waals surface area contributed by atoms with Crippen molar-refractivity contribution < 1.29 is 26.3 Å². The third kappa shape index (κ3) is 8.52. The van der Waals surface area contributed by atoms with Crippen molar-refractivity contribution in [2.45, 2.75) is 48.9 Å². The molecule has 6 rings (SSSR count). The van der Waals surface area contributed by atoms with Crippen molar-refractivity contribution in [3.8, 4) is 0 Å². The van der Waals surface area contributed by atoms with Gasteiger partial charge in [-0.05, 0) is 93.9 Å². The topological polar surface area (TPSA) is 89.6 Å². The highest BCUT2D eigenvalue weighted by Gasteiger charge is 2.49. The number of hydrogen-bond acceptors (Lipinski definition) is 6. The first-order valence-corrected chi connectivity index (χ1v) is 15.6. The lowest BCUT2D eigenvalue weighted by molar-refractivity contribution is 0.0931. The van der Waals surface area contributed by atoms with E-state index in [-0.39, 0.29) is 61.3 Å². The third-order valence-corrected chi connectivity index (χ3v) is 8.67. The van der Waals surface area contributed by atoms with Gasteiger partial charge in [-0.3, -0.25) is 9.97 Å². The minimum atomic E-state index is -0.995. The standard InChI is InChI=1S/C15H13BrF3N3.C10H12F2N2.C5H2BrClFN/c16-9-4-12(19)14(21-7-9)22-8-15(5-10(17)6-15)13-11(18)2-1-3-20-13;11-7-4-10(5-7,6-13)9-8(12)2-1-3-14-9;6-3-1-4(8)5(7)9-2-3/h1-4,7,10H,5-6,8H2,(H,21,22);1-3,7H,4-6,13H2;1-2H. The van der Waals surface area contributed by atoms with Gasteiger partial charge in [0.2, 0.25) is 0 Å². The maximum atomic E-state index is 14.0. The minimum absolute atomic E-state index is 0.0567. The van der Waals surface area contributed by atoms with Gasteiger partial charge >= 0.3 is 0 Å². The maximum absolute atomic E-state index is 14.0. The molecule has 0 aliphatic heterocycles. The lowest BCUT2D eigenvalue weighted by Gasteiger charge is -2.44. The normalized spacial score (nSPS) is 23.3. The number of aromatic nitrogens is 4. The molecule has 240 valence electrons. The highest BCUT2D eigenvalue weighted by Crippen LogP contribution is 2.46. The maximum Gasteiger partial charge on any atom is 0.166 e. The Hall–Kier alpha value is -2.81. The van der Waals surface area contributed by atoms with E-state index < -0.39 is 40.6 Å². The van der Waals surface area contributed by atoms with Crippen LogP contribution in [0.25, 0.3) is 0 Å². The van der Waals surface area contributed by atoms with E-state index in [1.165, 1.54) is 61.2 Å². The quantitative estimate of drug-likeness (QED) is 0.152. The molecule has 4 heterocycles. The minimum Gasteiger partial charge on any atom is -0.367 e. The molecule has 2 aliphatic rings. The SMILES string of the molecule is Fc1cc(Br)cnc1Cl.Fc1cc(Br)cnc1NCC1(c2ncccc2F)CC(F)C1.NCC1(c2ncccc2F)CC(F)C1. The average Bonchev–Trinajstić information content (AvgIpc) is 2.97. The molecular weight excluding hydrogens is 754 g/mol. The number of alkyl halides is 2. The monoisotopic (exact) mass is 778 g/mol. The van der Waals surface area contributed by atoms with Gasteiger partial charge in [-0.15, -0.1) is 0 Å². The fourth-order valence-corrected chi connectivity index (χ4v) is 5.91. The van der Waals surface area contributed by atoms with Crippen LogP contribution in [-0.2, 0) is 10.8 Å². The van der Waals surface area contributed by atoms with E-state index >= 15 is 0 Å². The van der Waals surface area contributed by atoms with Gasteiger partial charge in [0.15, 0.2) is 22.6 Å². The number of halogens is 9. The Morgan fingerprint density at radius 3 is 1.69 bits per heavy atom. The number of anilines is 1. The van der Waals surface area contributed by atoms with Crippen molar-refractivity contribution in [1.82, 2.24) is 19.9 Å². The number of nitrogens with one attached hydrogen (secondary N) is 1. The molecule has 15 heteroatoms. The summed E-state index contributed by atoms with van der Waals surface area (Å²) in [7, 11) is 0. The number of rotatable bonds is 6. The third-order valence-electron chi connectivity index (χ3n) is 7.53. The predicted molar refractivity (Wildman–Crippen MR) is 166 cm³/mol. The van der Waals surface area contributed by atoms with E-state index in [4.69, 9.17) is 17.3 Å². The molecule has 0 bridgehead atoms. The van der Waals surface area contributed by atoms with Gasteiger partial charge in [-0.1, -0.05) is 11.6 Å². The molecule has 4 aromatic rings. The van der Waals surface area contributed by atoms with E-state index in [1.54, 1.807) is 0 Å². The summed E-state index contributed by atoms with van der Waals surface area (Å²) in [6.45, 7) is 0.425. The van der Waals surface area contributed by atoms with Crippen LogP contribution in [0.5, 0.6) is 0 Å². The summed E-state index contributed by atoms with van der Waals surface area (Å²) < 4.78 is 80.8. The van der Waals surface area contributed by atoms with E-state index in [9.17, 15) is 26.3 Å². The summed E-state index contributed by atoms with van der Waals surface area (Å²) >= 11 is 11.4. The molecule has 0 radical (unpaired) electrons. The molecule has 2 aliphatic carbocycles. The first kappa shape index (κ1) is 35.1. The Labute approximate surface area is 277 Å². The van der Waals surface area contributed by atoms with Crippen LogP contribution in [0, 0.1) is 23.3 Å². The molecule has 45 heavy (non-hydrogen) atoms. The molecule has 6 nitrogen and oxygen atoms in total. The molecule has 0 amide bonds. The number of hydrogen-bond donors (Lipinski definition) is 2. The van der Waals surface area contributed by atoms with Crippen LogP contribution in [0.15, 0.2) is 70.1 Å². The van der Waals surface area contributed by atoms with Crippen LogP contribution < -0.4 is 11.1 Å². The van der Waals surface area contributed by atoms with Crippen molar-refractivity contribution >= 4 is 49.3 Å². The smallest absolute Gasteiger partial charge is 0.166 e. The summed E-state index contributed by atoms with van der Waals surface area (Å²) in [5, 5.41) is 2.75. The van der Waals surface area contributed by atoms with Crippen LogP contribution in [-0.4, -0.2) is 45.4 Å². The van der Waals surface area contributed by atoms with Crippen LogP contribution in [0.2, 0.25) is 5.15 Å². The fraction of sp³-hybridized carbons (Fsp3) is 0.333. The van der Waals surface area contributed by atoms with Crippen molar-refractivity contribution in [2.75, 3.05) is 18.4 Å². The zero-order chi connectivity index (χ0) is 32.8. The Balaban J connectivity index is 0.000000171. The highest BCUT2D eigenvalue weighted by molar-refractivity contribution is 9.10. The van der Waals surface area contributed by atoms with Crippen LogP contribution >= 0.6 is 43.5 Å².